The third-order valence-corrected chi connectivity index (χ3v) is 4.99. The normalized spacial score (nSPS) is 20.1. The topological polar surface area (TPSA) is 50.9 Å². The molecule has 0 aliphatic carbocycles. The van der Waals surface area contributed by atoms with E-state index >= 15 is 0 Å². The predicted octanol–water partition coefficient (Wildman–Crippen LogP) is 3.40. The van der Waals surface area contributed by atoms with Crippen molar-refractivity contribution in [3.8, 4) is 11.4 Å². The lowest BCUT2D eigenvalue weighted by Gasteiger charge is -2.23. The Balaban J connectivity index is 1.79. The quantitative estimate of drug-likeness (QED) is 0.783. The van der Waals surface area contributed by atoms with Crippen molar-refractivity contribution in [2.24, 2.45) is 0 Å². The van der Waals surface area contributed by atoms with E-state index < -0.39 is 5.72 Å². The van der Waals surface area contributed by atoms with Crippen molar-refractivity contribution in [1.29, 1.82) is 0 Å². The van der Waals surface area contributed by atoms with Gasteiger partial charge in [-0.15, -0.1) is 5.10 Å². The number of halogens is 1. The van der Waals surface area contributed by atoms with Crippen LogP contribution >= 0.6 is 23.4 Å². The molecule has 4 nitrogen and oxygen atoms in total. The van der Waals surface area contributed by atoms with Gasteiger partial charge in [-0.05, 0) is 12.1 Å². The molecule has 0 bridgehead atoms. The molecule has 1 atom stereocenters. The molecule has 2 aromatic carbocycles. The molecule has 4 rings (SSSR count). The zero-order chi connectivity index (χ0) is 15.2. The van der Waals surface area contributed by atoms with Gasteiger partial charge in [-0.25, -0.2) is 9.67 Å². The maximum Gasteiger partial charge on any atom is 0.196 e. The molecule has 0 radical (unpaired) electrons. The number of rotatable bonds is 2. The first-order valence-corrected chi connectivity index (χ1v) is 8.17. The molecule has 1 aliphatic heterocycles. The van der Waals surface area contributed by atoms with Crippen LogP contribution in [0, 0.1) is 0 Å². The Kier molecular flexibility index (Phi) is 3.22. The second kappa shape index (κ2) is 5.12. The zero-order valence-corrected chi connectivity index (χ0v) is 13.1. The Bertz CT molecular complexity index is 819. The summed E-state index contributed by atoms with van der Waals surface area (Å²) in [6, 6.07) is 16.9. The molecule has 110 valence electrons. The number of nitrogens with zero attached hydrogens (tertiary/aromatic N) is 3. The number of benzene rings is 2. The molecule has 1 aliphatic rings. The Labute approximate surface area is 136 Å². The van der Waals surface area contributed by atoms with Crippen LogP contribution in [-0.4, -0.2) is 25.6 Å². The lowest BCUT2D eigenvalue weighted by atomic mass is 10.1. The standard InChI is InChI=1S/C16H12ClN3OS/c17-13-8-6-12(7-9-13)16(21)10-22-15-18-14(19-20(15)16)11-4-2-1-3-5-11/h1-9,21H,10H2. The van der Waals surface area contributed by atoms with Crippen LogP contribution in [0.25, 0.3) is 11.4 Å². The van der Waals surface area contributed by atoms with Crippen molar-refractivity contribution in [2.45, 2.75) is 10.9 Å². The number of aliphatic hydroxyl groups is 1. The number of hydrogen-bond donors (Lipinski definition) is 1. The first-order chi connectivity index (χ1) is 10.7. The molecule has 0 amide bonds. The van der Waals surface area contributed by atoms with Gasteiger partial charge in [-0.2, -0.15) is 0 Å². The van der Waals surface area contributed by atoms with E-state index in [1.54, 1.807) is 16.8 Å². The Morgan fingerprint density at radius 2 is 1.82 bits per heavy atom. The zero-order valence-electron chi connectivity index (χ0n) is 11.5. The highest BCUT2D eigenvalue weighted by Crippen LogP contribution is 2.40. The maximum atomic E-state index is 11.1. The van der Waals surface area contributed by atoms with Gasteiger partial charge in [0.25, 0.3) is 0 Å². The van der Waals surface area contributed by atoms with Gasteiger partial charge in [0, 0.05) is 16.1 Å². The Hall–Kier alpha value is -1.82. The SMILES string of the molecule is OC1(c2ccc(Cl)cc2)CSc2nc(-c3ccccc3)nn21. The summed E-state index contributed by atoms with van der Waals surface area (Å²) < 4.78 is 1.60. The van der Waals surface area contributed by atoms with Gasteiger partial charge in [0.15, 0.2) is 16.7 Å². The molecule has 2 heterocycles. The summed E-state index contributed by atoms with van der Waals surface area (Å²) in [5, 5.41) is 16.9. The van der Waals surface area contributed by atoms with Crippen LogP contribution in [0.4, 0.5) is 0 Å². The van der Waals surface area contributed by atoms with Gasteiger partial charge in [-0.1, -0.05) is 65.8 Å². The number of fused-ring (bicyclic) bond motifs is 1. The lowest BCUT2D eigenvalue weighted by molar-refractivity contribution is 0.0158. The molecule has 0 saturated carbocycles. The molecule has 6 heteroatoms. The average Bonchev–Trinajstić information content (AvgIpc) is 3.11. The van der Waals surface area contributed by atoms with E-state index in [9.17, 15) is 5.11 Å². The van der Waals surface area contributed by atoms with Crippen LogP contribution in [0.3, 0.4) is 0 Å². The van der Waals surface area contributed by atoms with Crippen LogP contribution in [0.2, 0.25) is 5.02 Å². The highest BCUT2D eigenvalue weighted by Gasteiger charge is 2.41. The van der Waals surface area contributed by atoms with Crippen LogP contribution in [0.15, 0.2) is 59.8 Å². The van der Waals surface area contributed by atoms with Gasteiger partial charge in [0.05, 0.1) is 5.75 Å². The maximum absolute atomic E-state index is 11.1. The summed E-state index contributed by atoms with van der Waals surface area (Å²) in [5.41, 5.74) is 0.501. The first kappa shape index (κ1) is 13.8. The molecule has 1 unspecified atom stereocenters. The lowest BCUT2D eigenvalue weighted by Crippen LogP contribution is -2.34. The minimum atomic E-state index is -1.19. The van der Waals surface area contributed by atoms with Gasteiger partial charge < -0.3 is 5.11 Å². The third kappa shape index (κ3) is 2.13. The highest BCUT2D eigenvalue weighted by molar-refractivity contribution is 7.99. The summed E-state index contributed by atoms with van der Waals surface area (Å²) in [5.74, 6) is 1.11. The number of hydrogen-bond acceptors (Lipinski definition) is 4. The summed E-state index contributed by atoms with van der Waals surface area (Å²) in [6.07, 6.45) is 0. The van der Waals surface area contributed by atoms with Crippen molar-refractivity contribution in [1.82, 2.24) is 14.8 Å². The minimum absolute atomic E-state index is 0.485. The fourth-order valence-electron chi connectivity index (χ4n) is 2.49. The Morgan fingerprint density at radius 3 is 2.55 bits per heavy atom. The van der Waals surface area contributed by atoms with E-state index in [-0.39, 0.29) is 0 Å². The van der Waals surface area contributed by atoms with E-state index in [1.165, 1.54) is 11.8 Å². The summed E-state index contributed by atoms with van der Waals surface area (Å²) in [6.45, 7) is 0. The molecule has 3 aromatic rings. The first-order valence-electron chi connectivity index (χ1n) is 6.81. The van der Waals surface area contributed by atoms with Crippen LogP contribution in [0.1, 0.15) is 5.56 Å². The summed E-state index contributed by atoms with van der Waals surface area (Å²) in [4.78, 5) is 4.53. The molecule has 0 saturated heterocycles. The number of aromatic nitrogens is 3. The van der Waals surface area contributed by atoms with Crippen molar-refractivity contribution in [2.75, 3.05) is 5.75 Å². The van der Waals surface area contributed by atoms with E-state index in [0.717, 1.165) is 16.3 Å². The second-order valence-electron chi connectivity index (χ2n) is 5.11. The Morgan fingerprint density at radius 1 is 1.09 bits per heavy atom. The van der Waals surface area contributed by atoms with Crippen molar-refractivity contribution in [3.63, 3.8) is 0 Å². The highest BCUT2D eigenvalue weighted by atomic mass is 35.5. The molecular weight excluding hydrogens is 318 g/mol. The van der Waals surface area contributed by atoms with E-state index in [0.29, 0.717) is 16.6 Å². The molecule has 1 aromatic heterocycles. The van der Waals surface area contributed by atoms with Gasteiger partial charge in [-0.3, -0.25) is 0 Å². The van der Waals surface area contributed by atoms with Crippen molar-refractivity contribution < 1.29 is 5.11 Å². The van der Waals surface area contributed by atoms with Crippen molar-refractivity contribution in [3.05, 3.63) is 65.2 Å². The van der Waals surface area contributed by atoms with Crippen LogP contribution in [0.5, 0.6) is 0 Å². The second-order valence-corrected chi connectivity index (χ2v) is 6.49. The predicted molar refractivity (Wildman–Crippen MR) is 86.9 cm³/mol. The minimum Gasteiger partial charge on any atom is -0.365 e. The van der Waals surface area contributed by atoms with E-state index in [1.807, 2.05) is 42.5 Å². The van der Waals surface area contributed by atoms with Gasteiger partial charge in [0.2, 0.25) is 0 Å². The monoisotopic (exact) mass is 329 g/mol. The summed E-state index contributed by atoms with van der Waals surface area (Å²) in [7, 11) is 0. The smallest absolute Gasteiger partial charge is 0.196 e. The third-order valence-electron chi connectivity index (χ3n) is 3.67. The van der Waals surface area contributed by atoms with Crippen molar-refractivity contribution >= 4 is 23.4 Å². The summed E-state index contributed by atoms with van der Waals surface area (Å²) >= 11 is 7.42. The van der Waals surface area contributed by atoms with Crippen LogP contribution < -0.4 is 0 Å². The molecule has 0 spiro atoms. The molecule has 1 N–H and O–H groups in total. The van der Waals surface area contributed by atoms with Gasteiger partial charge >= 0.3 is 0 Å². The molecule has 22 heavy (non-hydrogen) atoms. The van der Waals surface area contributed by atoms with Crippen LogP contribution in [-0.2, 0) is 5.72 Å². The average molecular weight is 330 g/mol. The molecule has 0 fully saturated rings. The van der Waals surface area contributed by atoms with E-state index in [4.69, 9.17) is 11.6 Å². The van der Waals surface area contributed by atoms with E-state index in [2.05, 4.69) is 10.1 Å². The molecular formula is C16H12ClN3OS. The fourth-order valence-corrected chi connectivity index (χ4v) is 3.70. The van der Waals surface area contributed by atoms with Gasteiger partial charge in [0.1, 0.15) is 0 Å². The fraction of sp³-hybridized carbons (Fsp3) is 0.125. The number of thioether (sulfide) groups is 1. The largest absolute Gasteiger partial charge is 0.365 e.